The number of nitrogens with two attached hydrogens (primary N) is 1. The summed E-state index contributed by atoms with van der Waals surface area (Å²) in [7, 11) is 0. The minimum absolute atomic E-state index is 0.296. The predicted molar refractivity (Wildman–Crippen MR) is 73.3 cm³/mol. The van der Waals surface area contributed by atoms with E-state index in [1.807, 2.05) is 6.92 Å². The first-order chi connectivity index (χ1) is 9.08. The Balaban J connectivity index is 2.15. The molecule has 1 aromatic carbocycles. The Bertz CT molecular complexity index is 747. The van der Waals surface area contributed by atoms with E-state index < -0.39 is 6.04 Å². The molecule has 3 aromatic rings. The first kappa shape index (κ1) is 12.4. The topological polar surface area (TPSA) is 52.3 Å². The number of fused-ring (bicyclic) bond motifs is 1. The number of furan rings is 2. The van der Waals surface area contributed by atoms with Gasteiger partial charge in [0.05, 0.1) is 10.7 Å². The molecule has 5 heteroatoms. The number of rotatable bonds is 2. The maximum atomic E-state index is 13.3. The van der Waals surface area contributed by atoms with Crippen molar-refractivity contribution in [3.8, 4) is 0 Å². The lowest BCUT2D eigenvalue weighted by Gasteiger charge is -2.07. The van der Waals surface area contributed by atoms with Crippen molar-refractivity contribution < 1.29 is 13.2 Å². The van der Waals surface area contributed by atoms with Crippen LogP contribution in [0.2, 0.25) is 0 Å². The summed E-state index contributed by atoms with van der Waals surface area (Å²) in [5.41, 5.74) is 7.60. The molecular formula is C14H11BrFNO2. The third kappa shape index (κ3) is 1.99. The van der Waals surface area contributed by atoms with E-state index in [-0.39, 0.29) is 5.82 Å². The van der Waals surface area contributed by atoms with E-state index in [1.54, 1.807) is 18.4 Å². The molecule has 3 nitrogen and oxygen atoms in total. The Kier molecular flexibility index (Phi) is 2.95. The van der Waals surface area contributed by atoms with Gasteiger partial charge in [-0.3, -0.25) is 0 Å². The molecule has 0 aliphatic rings. The van der Waals surface area contributed by atoms with Crippen molar-refractivity contribution in [3.05, 3.63) is 57.9 Å². The molecule has 0 aliphatic heterocycles. The Morgan fingerprint density at radius 2 is 2.05 bits per heavy atom. The molecule has 1 atom stereocenters. The van der Waals surface area contributed by atoms with Gasteiger partial charge >= 0.3 is 0 Å². The van der Waals surface area contributed by atoms with Crippen LogP contribution in [-0.4, -0.2) is 0 Å². The second-order valence-electron chi connectivity index (χ2n) is 4.34. The molecule has 0 spiro atoms. The van der Waals surface area contributed by atoms with Gasteiger partial charge in [-0.25, -0.2) is 4.39 Å². The minimum atomic E-state index is -0.528. The van der Waals surface area contributed by atoms with Gasteiger partial charge in [-0.1, -0.05) is 0 Å². The Labute approximate surface area is 117 Å². The third-order valence-electron chi connectivity index (χ3n) is 3.14. The van der Waals surface area contributed by atoms with Crippen molar-refractivity contribution in [1.82, 2.24) is 0 Å². The van der Waals surface area contributed by atoms with E-state index >= 15 is 0 Å². The van der Waals surface area contributed by atoms with Crippen LogP contribution >= 0.6 is 15.9 Å². The van der Waals surface area contributed by atoms with Gasteiger partial charge in [-0.15, -0.1) is 0 Å². The predicted octanol–water partition coefficient (Wildman–Crippen LogP) is 4.28. The van der Waals surface area contributed by atoms with Crippen molar-refractivity contribution in [2.24, 2.45) is 5.73 Å². The van der Waals surface area contributed by atoms with E-state index in [1.165, 1.54) is 12.1 Å². The summed E-state index contributed by atoms with van der Waals surface area (Å²) in [6.45, 7) is 1.86. The third-order valence-corrected chi connectivity index (χ3v) is 3.80. The van der Waals surface area contributed by atoms with Crippen LogP contribution in [0.15, 0.2) is 43.8 Å². The van der Waals surface area contributed by atoms with Gasteiger partial charge in [0.2, 0.25) is 0 Å². The molecule has 0 saturated heterocycles. The fourth-order valence-corrected chi connectivity index (χ4v) is 2.60. The number of hydrogen-bond donors (Lipinski definition) is 1. The van der Waals surface area contributed by atoms with Gasteiger partial charge in [0.25, 0.3) is 0 Å². The Hall–Kier alpha value is -1.59. The monoisotopic (exact) mass is 323 g/mol. The van der Waals surface area contributed by atoms with Crippen molar-refractivity contribution >= 4 is 26.9 Å². The van der Waals surface area contributed by atoms with Crippen LogP contribution in [0, 0.1) is 12.7 Å². The van der Waals surface area contributed by atoms with Gasteiger partial charge in [0.15, 0.2) is 0 Å². The van der Waals surface area contributed by atoms with Crippen LogP contribution < -0.4 is 5.73 Å². The van der Waals surface area contributed by atoms with E-state index in [4.69, 9.17) is 14.6 Å². The van der Waals surface area contributed by atoms with Crippen molar-refractivity contribution in [2.45, 2.75) is 13.0 Å². The molecule has 2 heterocycles. The largest absolute Gasteiger partial charge is 0.466 e. The molecule has 2 aromatic heterocycles. The van der Waals surface area contributed by atoms with Gasteiger partial charge in [0.1, 0.15) is 29.0 Å². The summed E-state index contributed by atoms with van der Waals surface area (Å²) in [6, 6.07) is 5.66. The average molecular weight is 324 g/mol. The molecule has 0 radical (unpaired) electrons. The first-order valence-electron chi connectivity index (χ1n) is 5.75. The molecular weight excluding hydrogens is 313 g/mol. The first-order valence-corrected chi connectivity index (χ1v) is 6.54. The Morgan fingerprint density at radius 3 is 2.74 bits per heavy atom. The van der Waals surface area contributed by atoms with E-state index in [0.29, 0.717) is 17.1 Å². The van der Waals surface area contributed by atoms with E-state index in [0.717, 1.165) is 15.4 Å². The maximum absolute atomic E-state index is 13.3. The van der Waals surface area contributed by atoms with Gasteiger partial charge in [-0.2, -0.15) is 0 Å². The molecule has 0 fully saturated rings. The maximum Gasteiger partial charge on any atom is 0.142 e. The van der Waals surface area contributed by atoms with Gasteiger partial charge in [0, 0.05) is 10.9 Å². The van der Waals surface area contributed by atoms with Crippen LogP contribution in [0.25, 0.3) is 11.0 Å². The second kappa shape index (κ2) is 4.51. The van der Waals surface area contributed by atoms with Crippen LogP contribution in [0.4, 0.5) is 4.39 Å². The lowest BCUT2D eigenvalue weighted by atomic mass is 10.1. The van der Waals surface area contributed by atoms with Crippen molar-refractivity contribution in [3.63, 3.8) is 0 Å². The second-order valence-corrected chi connectivity index (χ2v) is 5.20. The number of hydrogen-bond acceptors (Lipinski definition) is 3. The van der Waals surface area contributed by atoms with Crippen LogP contribution in [-0.2, 0) is 0 Å². The quantitative estimate of drug-likeness (QED) is 0.765. The smallest absolute Gasteiger partial charge is 0.142 e. The molecule has 0 aliphatic carbocycles. The van der Waals surface area contributed by atoms with Gasteiger partial charge < -0.3 is 14.6 Å². The van der Waals surface area contributed by atoms with Crippen LogP contribution in [0.3, 0.4) is 0 Å². The Morgan fingerprint density at radius 1 is 1.26 bits per heavy atom. The number of benzene rings is 1. The summed E-state index contributed by atoms with van der Waals surface area (Å²) in [5.74, 6) is 0.870. The minimum Gasteiger partial charge on any atom is -0.466 e. The number of halogens is 2. The zero-order valence-electron chi connectivity index (χ0n) is 10.1. The van der Waals surface area contributed by atoms with Crippen LogP contribution in [0.5, 0.6) is 0 Å². The number of aryl methyl sites for hydroxylation is 1. The summed E-state index contributed by atoms with van der Waals surface area (Å²) < 4.78 is 25.1. The normalized spacial score (nSPS) is 13.1. The molecule has 0 bridgehead atoms. The molecule has 98 valence electrons. The average Bonchev–Trinajstić information content (AvgIpc) is 2.94. The zero-order chi connectivity index (χ0) is 13.6. The van der Waals surface area contributed by atoms with Crippen molar-refractivity contribution in [2.75, 3.05) is 0 Å². The lowest BCUT2D eigenvalue weighted by molar-refractivity contribution is 0.441. The SMILES string of the molecule is Cc1c(C(N)c2occc2Br)oc2ccc(F)cc12. The highest BCUT2D eigenvalue weighted by atomic mass is 79.9. The fourth-order valence-electron chi connectivity index (χ4n) is 2.16. The summed E-state index contributed by atoms with van der Waals surface area (Å²) in [4.78, 5) is 0. The summed E-state index contributed by atoms with van der Waals surface area (Å²) >= 11 is 3.37. The highest BCUT2D eigenvalue weighted by Crippen LogP contribution is 2.34. The van der Waals surface area contributed by atoms with Gasteiger partial charge in [-0.05, 0) is 47.1 Å². The van der Waals surface area contributed by atoms with Crippen molar-refractivity contribution in [1.29, 1.82) is 0 Å². The van der Waals surface area contributed by atoms with Crippen LogP contribution in [0.1, 0.15) is 23.1 Å². The molecule has 1 unspecified atom stereocenters. The fraction of sp³-hybridized carbons (Fsp3) is 0.143. The van der Waals surface area contributed by atoms with E-state index in [9.17, 15) is 4.39 Å². The summed E-state index contributed by atoms with van der Waals surface area (Å²) in [5, 5.41) is 0.730. The highest BCUT2D eigenvalue weighted by molar-refractivity contribution is 9.10. The lowest BCUT2D eigenvalue weighted by Crippen LogP contribution is -2.11. The highest BCUT2D eigenvalue weighted by Gasteiger charge is 2.23. The molecule has 0 saturated carbocycles. The molecule has 0 amide bonds. The standard InChI is InChI=1S/C14H11BrFNO2/c1-7-9-6-8(16)2-3-11(9)19-13(7)12(17)14-10(15)4-5-18-14/h2-6,12H,17H2,1H3. The zero-order valence-corrected chi connectivity index (χ0v) is 11.7. The molecule has 19 heavy (non-hydrogen) atoms. The molecule has 3 rings (SSSR count). The summed E-state index contributed by atoms with van der Waals surface area (Å²) in [6.07, 6.45) is 1.55. The van der Waals surface area contributed by atoms with E-state index in [2.05, 4.69) is 15.9 Å². The molecule has 2 N–H and O–H groups in total.